The summed E-state index contributed by atoms with van der Waals surface area (Å²) in [5.41, 5.74) is 2.64. The third-order valence-corrected chi connectivity index (χ3v) is 3.62. The van der Waals surface area contributed by atoms with Crippen LogP contribution in [0.5, 0.6) is 5.75 Å². The summed E-state index contributed by atoms with van der Waals surface area (Å²) in [6, 6.07) is 8.38. The number of aromatic hydroxyl groups is 1. The van der Waals surface area contributed by atoms with Crippen LogP contribution in [0.3, 0.4) is 0 Å². The molecule has 0 aliphatic heterocycles. The summed E-state index contributed by atoms with van der Waals surface area (Å²) in [5, 5.41) is 9.95. The molecule has 1 aliphatic carbocycles. The number of phenolic OH excluding ortho intramolecular Hbond substituents is 1. The third-order valence-electron chi connectivity index (χ3n) is 3.62. The Hall–Kier alpha value is -2.42. The lowest BCUT2D eigenvalue weighted by Gasteiger charge is -2.20. The number of benzene rings is 2. The lowest BCUT2D eigenvalue weighted by molar-refractivity contribution is 0.0978. The summed E-state index contributed by atoms with van der Waals surface area (Å²) < 4.78 is 0. The van der Waals surface area contributed by atoms with Crippen molar-refractivity contribution in [1.82, 2.24) is 0 Å². The van der Waals surface area contributed by atoms with Crippen LogP contribution >= 0.6 is 0 Å². The molecule has 0 atom stereocenters. The summed E-state index contributed by atoms with van der Waals surface area (Å²) in [7, 11) is 0. The number of carbonyl (C=O) groups is 2. The quantitative estimate of drug-likeness (QED) is 0.669. The minimum absolute atomic E-state index is 0.0827. The van der Waals surface area contributed by atoms with E-state index in [0.717, 1.165) is 0 Å². The van der Waals surface area contributed by atoms with Crippen LogP contribution in [0, 0.1) is 13.8 Å². The predicted molar refractivity (Wildman–Crippen MR) is 70.9 cm³/mol. The van der Waals surface area contributed by atoms with Crippen LogP contribution in [-0.2, 0) is 0 Å². The van der Waals surface area contributed by atoms with Gasteiger partial charge in [-0.2, -0.15) is 0 Å². The maximum atomic E-state index is 12.5. The van der Waals surface area contributed by atoms with Gasteiger partial charge in [-0.05, 0) is 25.5 Å². The van der Waals surface area contributed by atoms with Gasteiger partial charge in [0.2, 0.25) is 0 Å². The fraction of sp³-hybridized carbons (Fsp3) is 0.125. The summed E-state index contributed by atoms with van der Waals surface area (Å²) in [4.78, 5) is 24.9. The molecule has 94 valence electrons. The molecule has 0 amide bonds. The van der Waals surface area contributed by atoms with Crippen LogP contribution < -0.4 is 0 Å². The molecule has 0 saturated carbocycles. The predicted octanol–water partition coefficient (Wildman–Crippen LogP) is 2.78. The zero-order valence-corrected chi connectivity index (χ0v) is 10.7. The van der Waals surface area contributed by atoms with E-state index in [9.17, 15) is 14.7 Å². The number of phenols is 1. The van der Waals surface area contributed by atoms with Crippen LogP contribution in [-0.4, -0.2) is 16.7 Å². The number of fused-ring (bicyclic) bond motifs is 2. The summed E-state index contributed by atoms with van der Waals surface area (Å²) in [5.74, 6) is -0.270. The zero-order chi connectivity index (χ0) is 13.7. The van der Waals surface area contributed by atoms with E-state index in [0.29, 0.717) is 33.4 Å². The zero-order valence-electron chi connectivity index (χ0n) is 10.7. The average Bonchev–Trinajstić information content (AvgIpc) is 2.42. The molecule has 0 fully saturated rings. The Labute approximate surface area is 110 Å². The van der Waals surface area contributed by atoms with Crippen LogP contribution in [0.25, 0.3) is 0 Å². The topological polar surface area (TPSA) is 54.4 Å². The van der Waals surface area contributed by atoms with Crippen LogP contribution in [0.1, 0.15) is 43.0 Å². The Morgan fingerprint density at radius 3 is 2.11 bits per heavy atom. The summed E-state index contributed by atoms with van der Waals surface area (Å²) >= 11 is 0. The van der Waals surface area contributed by atoms with Gasteiger partial charge in [0.15, 0.2) is 11.6 Å². The highest BCUT2D eigenvalue weighted by atomic mass is 16.3. The number of hydrogen-bond acceptors (Lipinski definition) is 3. The molecule has 3 rings (SSSR count). The molecule has 1 aliphatic rings. The Morgan fingerprint density at radius 1 is 0.895 bits per heavy atom. The highest BCUT2D eigenvalue weighted by molar-refractivity contribution is 6.29. The monoisotopic (exact) mass is 252 g/mol. The molecule has 2 aromatic carbocycles. The molecule has 2 aromatic rings. The van der Waals surface area contributed by atoms with Gasteiger partial charge in [0.05, 0.1) is 0 Å². The molecule has 0 radical (unpaired) electrons. The Kier molecular flexibility index (Phi) is 2.32. The molecule has 0 bridgehead atoms. The SMILES string of the molecule is Cc1cc2c(c(C)c1O)C(=O)c1ccccc1C2=O. The first-order chi connectivity index (χ1) is 9.02. The smallest absolute Gasteiger partial charge is 0.194 e. The first-order valence-electron chi connectivity index (χ1n) is 6.04. The van der Waals surface area contributed by atoms with E-state index < -0.39 is 0 Å². The molecule has 3 nitrogen and oxygen atoms in total. The van der Waals surface area contributed by atoms with Gasteiger partial charge < -0.3 is 5.11 Å². The van der Waals surface area contributed by atoms with Crippen molar-refractivity contribution < 1.29 is 14.7 Å². The van der Waals surface area contributed by atoms with Crippen molar-refractivity contribution in [2.45, 2.75) is 13.8 Å². The second-order valence-electron chi connectivity index (χ2n) is 4.79. The lowest BCUT2D eigenvalue weighted by Crippen LogP contribution is -2.22. The van der Waals surface area contributed by atoms with Crippen molar-refractivity contribution in [3.63, 3.8) is 0 Å². The molecule has 19 heavy (non-hydrogen) atoms. The van der Waals surface area contributed by atoms with Crippen LogP contribution in [0.4, 0.5) is 0 Å². The van der Waals surface area contributed by atoms with E-state index in [1.54, 1.807) is 44.2 Å². The molecule has 0 spiro atoms. The molecular weight excluding hydrogens is 240 g/mol. The van der Waals surface area contributed by atoms with Crippen molar-refractivity contribution in [3.8, 4) is 5.75 Å². The van der Waals surface area contributed by atoms with Crippen molar-refractivity contribution in [1.29, 1.82) is 0 Å². The largest absolute Gasteiger partial charge is 0.507 e. The number of hydrogen-bond donors (Lipinski definition) is 1. The maximum Gasteiger partial charge on any atom is 0.194 e. The van der Waals surface area contributed by atoms with E-state index in [1.807, 2.05) is 0 Å². The summed E-state index contributed by atoms with van der Waals surface area (Å²) in [6.45, 7) is 3.39. The summed E-state index contributed by atoms with van der Waals surface area (Å²) in [6.07, 6.45) is 0. The standard InChI is InChI=1S/C16H12O3/c1-8-7-12-13(9(2)14(8)17)16(19)11-6-4-3-5-10(11)15(12)18/h3-7,17H,1-2H3. The first-order valence-corrected chi connectivity index (χ1v) is 6.04. The van der Waals surface area contributed by atoms with Crippen molar-refractivity contribution in [2.24, 2.45) is 0 Å². The Balaban J connectivity index is 2.40. The van der Waals surface area contributed by atoms with Crippen LogP contribution in [0.15, 0.2) is 30.3 Å². The Bertz CT molecular complexity index is 742. The van der Waals surface area contributed by atoms with Crippen molar-refractivity contribution in [3.05, 3.63) is 63.7 Å². The maximum absolute atomic E-state index is 12.5. The van der Waals surface area contributed by atoms with Gasteiger partial charge in [-0.1, -0.05) is 24.3 Å². The number of carbonyl (C=O) groups excluding carboxylic acids is 2. The van der Waals surface area contributed by atoms with Crippen LogP contribution in [0.2, 0.25) is 0 Å². The second-order valence-corrected chi connectivity index (χ2v) is 4.79. The van der Waals surface area contributed by atoms with Gasteiger partial charge in [0.1, 0.15) is 5.75 Å². The highest BCUT2D eigenvalue weighted by Gasteiger charge is 2.32. The molecule has 0 saturated heterocycles. The van der Waals surface area contributed by atoms with E-state index in [2.05, 4.69) is 0 Å². The molecule has 1 N–H and O–H groups in total. The van der Waals surface area contributed by atoms with Gasteiger partial charge in [0, 0.05) is 27.8 Å². The van der Waals surface area contributed by atoms with Gasteiger partial charge in [-0.3, -0.25) is 9.59 Å². The minimum atomic E-state index is -0.196. The lowest BCUT2D eigenvalue weighted by atomic mass is 9.81. The normalized spacial score (nSPS) is 13.2. The van der Waals surface area contributed by atoms with Crippen molar-refractivity contribution in [2.75, 3.05) is 0 Å². The average molecular weight is 252 g/mol. The van der Waals surface area contributed by atoms with Gasteiger partial charge >= 0.3 is 0 Å². The number of aryl methyl sites for hydroxylation is 1. The van der Waals surface area contributed by atoms with E-state index in [4.69, 9.17) is 0 Å². The van der Waals surface area contributed by atoms with Crippen molar-refractivity contribution >= 4 is 11.6 Å². The van der Waals surface area contributed by atoms with Gasteiger partial charge in [-0.15, -0.1) is 0 Å². The molecular formula is C16H12O3. The molecule has 0 aromatic heterocycles. The first kappa shape index (κ1) is 11.7. The van der Waals surface area contributed by atoms with Gasteiger partial charge in [-0.25, -0.2) is 0 Å². The van der Waals surface area contributed by atoms with Gasteiger partial charge in [0.25, 0.3) is 0 Å². The number of rotatable bonds is 0. The third kappa shape index (κ3) is 1.45. The highest BCUT2D eigenvalue weighted by Crippen LogP contribution is 2.35. The molecule has 0 heterocycles. The van der Waals surface area contributed by atoms with E-state index >= 15 is 0 Å². The molecule has 3 heteroatoms. The van der Waals surface area contributed by atoms with E-state index in [-0.39, 0.29) is 17.3 Å². The molecule has 0 unspecified atom stereocenters. The second kappa shape index (κ2) is 3.79. The van der Waals surface area contributed by atoms with E-state index in [1.165, 1.54) is 0 Å². The fourth-order valence-corrected chi connectivity index (χ4v) is 2.60. The Morgan fingerprint density at radius 2 is 1.47 bits per heavy atom. The fourth-order valence-electron chi connectivity index (χ4n) is 2.60. The minimum Gasteiger partial charge on any atom is -0.507 e. The number of ketones is 2.